The van der Waals surface area contributed by atoms with Crippen LogP contribution in [0, 0.1) is 0 Å². The Labute approximate surface area is 203 Å². The Balaban J connectivity index is 1.34. The van der Waals surface area contributed by atoms with Crippen LogP contribution in [0.4, 0.5) is 17.3 Å². The van der Waals surface area contributed by atoms with Crippen LogP contribution in [0.15, 0.2) is 78.2 Å². The van der Waals surface area contributed by atoms with Crippen molar-refractivity contribution in [1.82, 2.24) is 29.8 Å². The molecule has 0 unspecified atom stereocenters. The zero-order valence-corrected chi connectivity index (χ0v) is 19.6. The zero-order valence-electron chi connectivity index (χ0n) is 18.0. The topological polar surface area (TPSA) is 127 Å². The van der Waals surface area contributed by atoms with Gasteiger partial charge in [-0.1, -0.05) is 22.0 Å². The number of aromatic nitrogens is 5. The lowest BCUT2D eigenvalue weighted by Crippen LogP contribution is -2.23. The molecular formula is C23H21BrN8O2. The molecule has 0 atom stereocenters. The van der Waals surface area contributed by atoms with Crippen molar-refractivity contribution >= 4 is 56.0 Å². The number of amides is 2. The molecule has 4 rings (SSSR count). The minimum atomic E-state index is -0.473. The number of carbonyl (C=O) groups excluding carboxylic acids is 2. The number of hydrogen-bond donors (Lipinski definition) is 3. The molecule has 10 nitrogen and oxygen atoms in total. The van der Waals surface area contributed by atoms with Crippen LogP contribution in [0.25, 0.3) is 10.9 Å². The van der Waals surface area contributed by atoms with Crippen LogP contribution in [0.1, 0.15) is 6.42 Å². The Hall–Kier alpha value is -4.12. The molecule has 3 heterocycles. The van der Waals surface area contributed by atoms with Crippen LogP contribution in [-0.4, -0.2) is 42.9 Å². The number of pyridine rings is 1. The number of aryl methyl sites for hydroxylation is 1. The molecule has 3 aromatic heterocycles. The molecule has 0 aliphatic rings. The summed E-state index contributed by atoms with van der Waals surface area (Å²) >= 11 is 3.45. The molecule has 0 bridgehead atoms. The van der Waals surface area contributed by atoms with E-state index in [0.717, 1.165) is 23.1 Å². The van der Waals surface area contributed by atoms with Crippen LogP contribution in [0.3, 0.4) is 0 Å². The molecule has 0 aliphatic heterocycles. The van der Waals surface area contributed by atoms with Crippen LogP contribution in [-0.2, 0) is 16.1 Å². The number of rotatable bonds is 9. The number of fused-ring (bicyclic) bond motifs is 1. The Morgan fingerprint density at radius 3 is 2.79 bits per heavy atom. The number of imidazole rings is 1. The first-order valence-electron chi connectivity index (χ1n) is 10.4. The van der Waals surface area contributed by atoms with Crippen molar-refractivity contribution in [2.24, 2.45) is 0 Å². The Morgan fingerprint density at radius 2 is 1.97 bits per heavy atom. The summed E-state index contributed by atoms with van der Waals surface area (Å²) in [6.07, 6.45) is 11.4. The third-order valence-electron chi connectivity index (χ3n) is 4.70. The average Bonchev–Trinajstić information content (AvgIpc) is 3.35. The Bertz CT molecular complexity index is 1320. The van der Waals surface area contributed by atoms with E-state index in [1.54, 1.807) is 24.8 Å². The van der Waals surface area contributed by atoms with E-state index in [-0.39, 0.29) is 5.91 Å². The first-order valence-corrected chi connectivity index (χ1v) is 11.2. The summed E-state index contributed by atoms with van der Waals surface area (Å²) < 4.78 is 2.86. The zero-order chi connectivity index (χ0) is 23.8. The number of halogens is 1. The second-order valence-electron chi connectivity index (χ2n) is 7.21. The predicted molar refractivity (Wildman–Crippen MR) is 132 cm³/mol. The molecule has 172 valence electrons. The van der Waals surface area contributed by atoms with Gasteiger partial charge in [-0.15, -0.1) is 0 Å². The molecular weight excluding hydrogens is 500 g/mol. The van der Waals surface area contributed by atoms with Crippen molar-refractivity contribution in [3.05, 3.63) is 78.2 Å². The quantitative estimate of drug-likeness (QED) is 0.228. The molecule has 0 saturated carbocycles. The molecule has 34 heavy (non-hydrogen) atoms. The van der Waals surface area contributed by atoms with Crippen molar-refractivity contribution < 1.29 is 9.59 Å². The van der Waals surface area contributed by atoms with Crippen molar-refractivity contribution in [3.8, 4) is 0 Å². The fraction of sp³-hybridized carbons (Fsp3) is 0.130. The van der Waals surface area contributed by atoms with E-state index >= 15 is 0 Å². The van der Waals surface area contributed by atoms with Crippen LogP contribution < -0.4 is 16.0 Å². The van der Waals surface area contributed by atoms with Gasteiger partial charge >= 0.3 is 0 Å². The van der Waals surface area contributed by atoms with E-state index < -0.39 is 5.91 Å². The van der Waals surface area contributed by atoms with Gasteiger partial charge in [0.2, 0.25) is 11.8 Å². The molecule has 0 saturated heterocycles. The third kappa shape index (κ3) is 6.45. The molecule has 2 amide bonds. The van der Waals surface area contributed by atoms with Crippen LogP contribution in [0.2, 0.25) is 0 Å². The molecule has 0 fully saturated rings. The highest BCUT2D eigenvalue weighted by molar-refractivity contribution is 9.10. The van der Waals surface area contributed by atoms with Gasteiger partial charge in [-0.2, -0.15) is 0 Å². The summed E-state index contributed by atoms with van der Waals surface area (Å²) in [5, 5.41) is 9.33. The van der Waals surface area contributed by atoms with Gasteiger partial charge in [-0.3, -0.25) is 9.59 Å². The van der Waals surface area contributed by atoms with Crippen molar-refractivity contribution in [2.75, 3.05) is 17.2 Å². The van der Waals surface area contributed by atoms with Gasteiger partial charge in [0.25, 0.3) is 0 Å². The molecule has 1 aromatic carbocycles. The Morgan fingerprint density at radius 1 is 1.09 bits per heavy atom. The fourth-order valence-electron chi connectivity index (χ4n) is 3.10. The maximum Gasteiger partial charge on any atom is 0.249 e. The SMILES string of the molecule is O=C(C=CC(=O)Nc1cc2c(Nc3cccc(Br)c3)ncnc2cn1)NCCCn1ccnc1. The number of hydrogen-bond acceptors (Lipinski definition) is 7. The van der Waals surface area contributed by atoms with Gasteiger partial charge in [0.1, 0.15) is 18.0 Å². The highest BCUT2D eigenvalue weighted by Gasteiger charge is 2.08. The lowest BCUT2D eigenvalue weighted by atomic mass is 10.2. The first-order chi connectivity index (χ1) is 16.6. The standard InChI is InChI=1S/C23H21BrN8O2/c24-16-3-1-4-17(11-16)30-23-18-12-20(27-13-19(18)28-14-29-23)31-22(34)6-5-21(33)26-7-2-9-32-10-8-25-15-32/h1,3-6,8,10-15H,2,7,9H2,(H,26,33)(H,27,31,34)(H,28,29,30). The molecule has 0 aliphatic carbocycles. The number of benzene rings is 1. The van der Waals surface area contributed by atoms with Gasteiger partial charge in [0.05, 0.1) is 18.0 Å². The van der Waals surface area contributed by atoms with Gasteiger partial charge in [0, 0.05) is 53.2 Å². The smallest absolute Gasteiger partial charge is 0.249 e. The van der Waals surface area contributed by atoms with Crippen molar-refractivity contribution in [3.63, 3.8) is 0 Å². The predicted octanol–water partition coefficient (Wildman–Crippen LogP) is 3.43. The summed E-state index contributed by atoms with van der Waals surface area (Å²) in [6.45, 7) is 1.24. The maximum absolute atomic E-state index is 12.3. The van der Waals surface area contributed by atoms with Crippen LogP contribution >= 0.6 is 15.9 Å². The lowest BCUT2D eigenvalue weighted by molar-refractivity contribution is -0.117. The highest BCUT2D eigenvalue weighted by atomic mass is 79.9. The van der Waals surface area contributed by atoms with Crippen molar-refractivity contribution in [1.29, 1.82) is 0 Å². The molecule has 3 N–H and O–H groups in total. The summed E-state index contributed by atoms with van der Waals surface area (Å²) in [7, 11) is 0. The normalized spacial score (nSPS) is 11.0. The van der Waals surface area contributed by atoms with E-state index in [9.17, 15) is 9.59 Å². The van der Waals surface area contributed by atoms with Gasteiger partial charge < -0.3 is 20.5 Å². The van der Waals surface area contributed by atoms with E-state index in [4.69, 9.17) is 0 Å². The second kappa shape index (κ2) is 11.1. The summed E-state index contributed by atoms with van der Waals surface area (Å²) in [5.74, 6) is 0.0709. The summed E-state index contributed by atoms with van der Waals surface area (Å²) in [6, 6.07) is 9.35. The minimum absolute atomic E-state index is 0.315. The van der Waals surface area contributed by atoms with Crippen LogP contribution in [0.5, 0.6) is 0 Å². The van der Waals surface area contributed by atoms with Gasteiger partial charge in [-0.25, -0.2) is 19.9 Å². The number of nitrogens with zero attached hydrogens (tertiary/aromatic N) is 5. The number of anilines is 3. The highest BCUT2D eigenvalue weighted by Crippen LogP contribution is 2.25. The number of carbonyl (C=O) groups is 2. The minimum Gasteiger partial charge on any atom is -0.352 e. The van der Waals surface area contributed by atoms with E-state index in [2.05, 4.69) is 51.8 Å². The third-order valence-corrected chi connectivity index (χ3v) is 5.19. The fourth-order valence-corrected chi connectivity index (χ4v) is 3.50. The molecule has 11 heteroatoms. The summed E-state index contributed by atoms with van der Waals surface area (Å²) in [5.41, 5.74) is 1.46. The Kier molecular flexibility index (Phi) is 7.56. The maximum atomic E-state index is 12.3. The second-order valence-corrected chi connectivity index (χ2v) is 8.13. The molecule has 0 radical (unpaired) electrons. The van der Waals surface area contributed by atoms with E-state index in [1.165, 1.54) is 18.5 Å². The van der Waals surface area contributed by atoms with Gasteiger partial charge in [0.15, 0.2) is 0 Å². The average molecular weight is 521 g/mol. The molecule has 4 aromatic rings. The summed E-state index contributed by atoms with van der Waals surface area (Å²) in [4.78, 5) is 40.9. The van der Waals surface area contributed by atoms with E-state index in [0.29, 0.717) is 29.1 Å². The van der Waals surface area contributed by atoms with Crippen molar-refractivity contribution in [2.45, 2.75) is 13.0 Å². The first kappa shape index (κ1) is 23.1. The lowest BCUT2D eigenvalue weighted by Gasteiger charge is -2.09. The largest absolute Gasteiger partial charge is 0.352 e. The number of nitrogens with one attached hydrogen (secondary N) is 3. The monoisotopic (exact) mass is 520 g/mol. The van der Waals surface area contributed by atoms with E-state index in [1.807, 2.05) is 35.0 Å². The van der Waals surface area contributed by atoms with Gasteiger partial charge in [-0.05, 0) is 30.7 Å². The molecule has 0 spiro atoms.